The Bertz CT molecular complexity index is 809. The van der Waals surface area contributed by atoms with E-state index in [-0.39, 0.29) is 46.7 Å². The second-order valence-electron chi connectivity index (χ2n) is 7.16. The third kappa shape index (κ3) is 1.67. The first kappa shape index (κ1) is 14.4. The molecule has 122 valence electrons. The number of allylic oxidation sites excluding steroid dienone is 2. The van der Waals surface area contributed by atoms with Crippen LogP contribution in [0.4, 0.5) is 0 Å². The van der Waals surface area contributed by atoms with E-state index in [9.17, 15) is 14.7 Å². The zero-order chi connectivity index (χ0) is 16.6. The van der Waals surface area contributed by atoms with Crippen molar-refractivity contribution in [3.05, 3.63) is 40.4 Å². The lowest BCUT2D eigenvalue weighted by atomic mass is 9.85. The topological polar surface area (TPSA) is 70.0 Å². The van der Waals surface area contributed by atoms with Gasteiger partial charge in [0.1, 0.15) is 5.75 Å². The number of halogens is 1. The normalized spacial score (nSPS) is 34.8. The first-order valence-corrected chi connectivity index (χ1v) is 8.91. The van der Waals surface area contributed by atoms with Crippen molar-refractivity contribution >= 4 is 34.0 Å². The first-order chi connectivity index (χ1) is 11.5. The van der Waals surface area contributed by atoms with Crippen molar-refractivity contribution in [2.75, 3.05) is 0 Å². The number of aromatic hydroxyl groups is 1. The van der Waals surface area contributed by atoms with E-state index in [4.69, 9.17) is 0 Å². The fraction of sp³-hybridized carbons (Fsp3) is 0.389. The van der Waals surface area contributed by atoms with Crippen molar-refractivity contribution in [2.24, 2.45) is 34.2 Å². The monoisotopic (exact) mass is 386 g/mol. The summed E-state index contributed by atoms with van der Waals surface area (Å²) in [6.07, 6.45) is 7.89. The standard InChI is InChI=1S/C18H15BrN2O3/c19-10-1-4-13(22)9(7-10)8-20-21-16(23)14-11-2-3-12(15(14)17(21)24)18(11)5-6-18/h1-4,7-8,11-12,14-15,22H,5-6H2/b20-8-/t11-,12-,14-,15+/m1/s1. The second-order valence-corrected chi connectivity index (χ2v) is 8.07. The highest BCUT2D eigenvalue weighted by Gasteiger charge is 2.73. The number of carbonyl (C=O) groups is 2. The molecule has 6 heteroatoms. The molecule has 5 rings (SSSR count). The zero-order valence-corrected chi connectivity index (χ0v) is 14.3. The molecule has 0 unspecified atom stereocenters. The Kier molecular flexibility index (Phi) is 2.74. The number of fused-ring (bicyclic) bond motifs is 3. The van der Waals surface area contributed by atoms with Crippen LogP contribution in [0.3, 0.4) is 0 Å². The number of carbonyl (C=O) groups excluding carboxylic acids is 2. The number of benzene rings is 1. The number of hydrazone groups is 1. The molecule has 0 aromatic heterocycles. The van der Waals surface area contributed by atoms with Crippen LogP contribution in [0.25, 0.3) is 0 Å². The summed E-state index contributed by atoms with van der Waals surface area (Å²) in [5.74, 6) is -0.434. The van der Waals surface area contributed by atoms with E-state index in [1.165, 1.54) is 12.3 Å². The Balaban J connectivity index is 1.45. The number of hydrogen-bond acceptors (Lipinski definition) is 4. The van der Waals surface area contributed by atoms with E-state index in [0.717, 1.165) is 22.3 Å². The number of phenols is 1. The fourth-order valence-corrected chi connectivity index (χ4v) is 5.30. The fourth-order valence-electron chi connectivity index (χ4n) is 4.93. The quantitative estimate of drug-likeness (QED) is 0.482. The third-order valence-corrected chi connectivity index (χ3v) is 6.62. The van der Waals surface area contributed by atoms with E-state index < -0.39 is 0 Å². The van der Waals surface area contributed by atoms with Crippen molar-refractivity contribution in [3.63, 3.8) is 0 Å². The number of imide groups is 1. The molecule has 1 saturated heterocycles. The lowest BCUT2D eigenvalue weighted by Crippen LogP contribution is -2.30. The summed E-state index contributed by atoms with van der Waals surface area (Å²) in [6, 6.07) is 4.94. The van der Waals surface area contributed by atoms with E-state index in [2.05, 4.69) is 33.2 Å². The van der Waals surface area contributed by atoms with Gasteiger partial charge in [-0.2, -0.15) is 10.1 Å². The van der Waals surface area contributed by atoms with Gasteiger partial charge < -0.3 is 5.11 Å². The molecule has 2 amide bonds. The molecule has 4 atom stereocenters. The van der Waals surface area contributed by atoms with Crippen LogP contribution < -0.4 is 0 Å². The molecule has 1 spiro atoms. The van der Waals surface area contributed by atoms with Crippen LogP contribution in [-0.2, 0) is 9.59 Å². The maximum atomic E-state index is 12.8. The van der Waals surface area contributed by atoms with Crippen molar-refractivity contribution in [3.8, 4) is 5.75 Å². The summed E-state index contributed by atoms with van der Waals surface area (Å²) >= 11 is 3.33. The van der Waals surface area contributed by atoms with E-state index in [1.807, 2.05) is 0 Å². The molecule has 4 aliphatic rings. The van der Waals surface area contributed by atoms with Gasteiger partial charge in [0.15, 0.2) is 0 Å². The number of hydrogen-bond donors (Lipinski definition) is 1. The van der Waals surface area contributed by atoms with Gasteiger partial charge in [-0.1, -0.05) is 28.1 Å². The van der Waals surface area contributed by atoms with Gasteiger partial charge in [-0.25, -0.2) is 0 Å². The number of phenolic OH excluding ortho intramolecular Hbond substituents is 1. The summed E-state index contributed by atoms with van der Waals surface area (Å²) in [6.45, 7) is 0. The molecule has 0 radical (unpaired) electrons. The molecular formula is C18H15BrN2O3. The van der Waals surface area contributed by atoms with E-state index >= 15 is 0 Å². The summed E-state index contributed by atoms with van der Waals surface area (Å²) in [5.41, 5.74) is 0.653. The van der Waals surface area contributed by atoms with Crippen LogP contribution in [-0.4, -0.2) is 28.1 Å². The minimum Gasteiger partial charge on any atom is -0.507 e. The number of nitrogens with zero attached hydrogens (tertiary/aromatic N) is 2. The van der Waals surface area contributed by atoms with Gasteiger partial charge in [0.25, 0.3) is 11.8 Å². The van der Waals surface area contributed by atoms with Gasteiger partial charge in [0, 0.05) is 10.0 Å². The smallest absolute Gasteiger partial charge is 0.254 e. The minimum atomic E-state index is -0.247. The Morgan fingerprint density at radius 3 is 2.38 bits per heavy atom. The zero-order valence-electron chi connectivity index (χ0n) is 12.7. The molecule has 3 fully saturated rings. The summed E-state index contributed by atoms with van der Waals surface area (Å²) in [5, 5.41) is 15.0. The van der Waals surface area contributed by atoms with Crippen molar-refractivity contribution < 1.29 is 14.7 Å². The Hall–Kier alpha value is -1.95. The van der Waals surface area contributed by atoms with Crippen LogP contribution in [0, 0.1) is 29.1 Å². The second kappa shape index (κ2) is 4.57. The van der Waals surface area contributed by atoms with Gasteiger partial charge in [-0.3, -0.25) is 9.59 Å². The summed E-state index contributed by atoms with van der Waals surface area (Å²) < 4.78 is 0.788. The highest BCUT2D eigenvalue weighted by atomic mass is 79.9. The summed E-state index contributed by atoms with van der Waals surface area (Å²) in [4.78, 5) is 25.5. The number of amides is 2. The van der Waals surface area contributed by atoms with Crippen LogP contribution >= 0.6 is 15.9 Å². The van der Waals surface area contributed by atoms with Gasteiger partial charge in [-0.05, 0) is 48.3 Å². The van der Waals surface area contributed by atoms with Crippen LogP contribution in [0.2, 0.25) is 0 Å². The molecule has 1 aliphatic heterocycles. The maximum absolute atomic E-state index is 12.8. The predicted molar refractivity (Wildman–Crippen MR) is 90.0 cm³/mol. The molecule has 24 heavy (non-hydrogen) atoms. The first-order valence-electron chi connectivity index (χ1n) is 8.11. The Morgan fingerprint density at radius 1 is 1.17 bits per heavy atom. The molecule has 5 nitrogen and oxygen atoms in total. The van der Waals surface area contributed by atoms with Crippen LogP contribution in [0.1, 0.15) is 18.4 Å². The Morgan fingerprint density at radius 2 is 1.79 bits per heavy atom. The van der Waals surface area contributed by atoms with Crippen LogP contribution in [0.15, 0.2) is 39.9 Å². The van der Waals surface area contributed by atoms with Crippen molar-refractivity contribution in [2.45, 2.75) is 12.8 Å². The average Bonchev–Trinajstić information content (AvgIpc) is 3.16. The van der Waals surface area contributed by atoms with Gasteiger partial charge in [0.2, 0.25) is 0 Å². The SMILES string of the molecule is O=C1[C@@H]2[C@H](C(=O)N1/N=C\c1cc(Br)ccc1O)[C@H]1C=C[C@H]2C12CC2. The van der Waals surface area contributed by atoms with Crippen molar-refractivity contribution in [1.82, 2.24) is 5.01 Å². The molecule has 2 bridgehead atoms. The maximum Gasteiger partial charge on any atom is 0.254 e. The molecule has 1 heterocycles. The van der Waals surface area contributed by atoms with Crippen LogP contribution in [0.5, 0.6) is 5.75 Å². The molecular weight excluding hydrogens is 372 g/mol. The molecule has 1 N–H and O–H groups in total. The molecule has 1 aromatic carbocycles. The highest BCUT2D eigenvalue weighted by molar-refractivity contribution is 9.10. The lowest BCUT2D eigenvalue weighted by molar-refractivity contribution is -0.141. The lowest BCUT2D eigenvalue weighted by Gasteiger charge is -2.18. The predicted octanol–water partition coefficient (Wildman–Crippen LogP) is 2.69. The summed E-state index contributed by atoms with van der Waals surface area (Å²) in [7, 11) is 0. The van der Waals surface area contributed by atoms with Crippen molar-refractivity contribution in [1.29, 1.82) is 0 Å². The largest absolute Gasteiger partial charge is 0.507 e. The third-order valence-electron chi connectivity index (χ3n) is 6.13. The molecule has 1 aromatic rings. The average molecular weight is 387 g/mol. The van der Waals surface area contributed by atoms with Gasteiger partial charge in [0.05, 0.1) is 18.1 Å². The van der Waals surface area contributed by atoms with Gasteiger partial charge in [-0.15, -0.1) is 0 Å². The minimum absolute atomic E-state index is 0.0555. The molecule has 3 aliphatic carbocycles. The number of rotatable bonds is 2. The molecule has 2 saturated carbocycles. The van der Waals surface area contributed by atoms with E-state index in [1.54, 1.807) is 12.1 Å². The van der Waals surface area contributed by atoms with E-state index in [0.29, 0.717) is 5.56 Å². The Labute approximate surface area is 147 Å². The van der Waals surface area contributed by atoms with Gasteiger partial charge >= 0.3 is 0 Å². The highest BCUT2D eigenvalue weighted by Crippen LogP contribution is 2.73.